The number of hydrogen-bond donors (Lipinski definition) is 0. The van der Waals surface area contributed by atoms with Crippen LogP contribution in [0.15, 0.2) is 65.0 Å². The molecule has 1 fully saturated rings. The fraction of sp³-hybridized carbons (Fsp3) is 0.261. The van der Waals surface area contributed by atoms with Crippen molar-refractivity contribution in [1.82, 2.24) is 19.2 Å². The molecule has 10 heteroatoms. The van der Waals surface area contributed by atoms with Crippen molar-refractivity contribution >= 4 is 17.2 Å². The Hall–Kier alpha value is -3.72. The molecule has 0 N–H and O–H groups in total. The number of aromatic nitrogens is 4. The van der Waals surface area contributed by atoms with Crippen LogP contribution in [0.4, 0.5) is 0 Å². The molecule has 0 radical (unpaired) electrons. The van der Waals surface area contributed by atoms with Crippen molar-refractivity contribution in [3.05, 3.63) is 75.3 Å². The van der Waals surface area contributed by atoms with Crippen molar-refractivity contribution in [3.63, 3.8) is 0 Å². The summed E-state index contributed by atoms with van der Waals surface area (Å²) in [4.78, 5) is 28.6. The van der Waals surface area contributed by atoms with E-state index in [1.54, 1.807) is 36.5 Å². The Kier molecular flexibility index (Phi) is 5.55. The Morgan fingerprint density at radius 3 is 2.67 bits per heavy atom. The van der Waals surface area contributed by atoms with E-state index in [1.807, 2.05) is 12.1 Å². The molecule has 2 aromatic carbocycles. The highest BCUT2D eigenvalue weighted by molar-refractivity contribution is 6.30. The molecule has 0 aliphatic heterocycles. The predicted molar refractivity (Wildman–Crippen MR) is 123 cm³/mol. The van der Waals surface area contributed by atoms with Gasteiger partial charge in [0.1, 0.15) is 19.0 Å². The summed E-state index contributed by atoms with van der Waals surface area (Å²) >= 11 is 5.96. The van der Waals surface area contributed by atoms with Gasteiger partial charge < -0.3 is 9.47 Å². The van der Waals surface area contributed by atoms with Crippen molar-refractivity contribution in [2.75, 3.05) is 13.7 Å². The topological polar surface area (TPSA) is 100 Å². The lowest BCUT2D eigenvalue weighted by Gasteiger charge is -2.14. The smallest absolute Gasteiger partial charge is 0.301 e. The molecule has 168 valence electrons. The maximum Gasteiger partial charge on any atom is 0.301 e. The minimum atomic E-state index is -0.362. The Morgan fingerprint density at radius 2 is 1.97 bits per heavy atom. The number of rotatable bonds is 8. The summed E-state index contributed by atoms with van der Waals surface area (Å²) in [7, 11) is 1.51. The Bertz CT molecular complexity index is 1380. The normalized spacial score (nSPS) is 14.2. The first-order valence-electron chi connectivity index (χ1n) is 10.4. The molecular weight excluding hydrogens is 446 g/mol. The number of hydrogen-bond acceptors (Lipinski definition) is 7. The number of fused-ring (bicyclic) bond motifs is 1. The van der Waals surface area contributed by atoms with Gasteiger partial charge in [-0.1, -0.05) is 28.9 Å². The average molecular weight is 466 g/mol. The third-order valence-electron chi connectivity index (χ3n) is 5.67. The van der Waals surface area contributed by atoms with E-state index in [2.05, 4.69) is 15.3 Å². The zero-order valence-electron chi connectivity index (χ0n) is 17.7. The van der Waals surface area contributed by atoms with Crippen LogP contribution in [0.1, 0.15) is 12.8 Å². The third-order valence-corrected chi connectivity index (χ3v) is 5.92. The molecule has 1 aliphatic carbocycles. The lowest BCUT2D eigenvalue weighted by atomic mass is 10.2. The summed E-state index contributed by atoms with van der Waals surface area (Å²) in [6.07, 6.45) is 5.13. The van der Waals surface area contributed by atoms with E-state index in [9.17, 15) is 9.70 Å². The number of methoxy groups -OCH3 is 1. The molecule has 2 heterocycles. The van der Waals surface area contributed by atoms with Gasteiger partial charge in [-0.15, -0.1) is 0 Å². The molecular formula is C23H20ClN5O4. The maximum atomic E-state index is 13.1. The van der Waals surface area contributed by atoms with Crippen LogP contribution >= 0.6 is 11.6 Å². The predicted octanol–water partition coefficient (Wildman–Crippen LogP) is 4.13. The van der Waals surface area contributed by atoms with Crippen LogP contribution in [0.5, 0.6) is 11.5 Å². The van der Waals surface area contributed by atoms with E-state index in [1.165, 1.54) is 22.5 Å². The zero-order valence-corrected chi connectivity index (χ0v) is 18.5. The first kappa shape index (κ1) is 21.1. The van der Waals surface area contributed by atoms with Gasteiger partial charge in [0.05, 0.1) is 24.7 Å². The monoisotopic (exact) mass is 465 g/mol. The molecule has 1 unspecified atom stereocenters. The summed E-state index contributed by atoms with van der Waals surface area (Å²) < 4.78 is 14.1. The second-order valence-corrected chi connectivity index (χ2v) is 8.30. The van der Waals surface area contributed by atoms with Gasteiger partial charge in [-0.3, -0.25) is 9.36 Å². The van der Waals surface area contributed by atoms with Gasteiger partial charge in [-0.25, -0.2) is 9.50 Å². The minimum Gasteiger partial charge on any atom is -0.493 e. The van der Waals surface area contributed by atoms with Crippen molar-refractivity contribution in [2.24, 2.45) is 11.1 Å². The molecule has 0 saturated heterocycles. The summed E-state index contributed by atoms with van der Waals surface area (Å²) in [6, 6.07) is 11.9. The van der Waals surface area contributed by atoms with E-state index in [4.69, 9.17) is 21.1 Å². The largest absolute Gasteiger partial charge is 0.493 e. The first-order valence-corrected chi connectivity index (χ1v) is 10.8. The molecule has 1 saturated carbocycles. The van der Waals surface area contributed by atoms with Crippen LogP contribution in [0.3, 0.4) is 0 Å². The number of nitrogens with zero attached hydrogens (tertiary/aromatic N) is 5. The molecule has 4 aromatic rings. The summed E-state index contributed by atoms with van der Waals surface area (Å²) in [5, 5.41) is 8.12. The zero-order chi connectivity index (χ0) is 22.9. The van der Waals surface area contributed by atoms with E-state index in [0.29, 0.717) is 33.8 Å². The number of benzene rings is 2. The Balaban J connectivity index is 1.45. The van der Waals surface area contributed by atoms with Crippen molar-refractivity contribution < 1.29 is 9.47 Å². The maximum absolute atomic E-state index is 13.1. The summed E-state index contributed by atoms with van der Waals surface area (Å²) in [5.41, 5.74) is 1.84. The lowest BCUT2D eigenvalue weighted by Crippen LogP contribution is -2.22. The molecule has 33 heavy (non-hydrogen) atoms. The van der Waals surface area contributed by atoms with Gasteiger partial charge in [0.2, 0.25) is 5.65 Å². The standard InChI is InChI=1S/C23H20ClN5O4/c1-32-21-10-17(8-9-20(21)33-12-19(27-31)15-2-3-15)28-13-25-29-11-18(26-22(29)23(28)30)14-4-6-16(24)7-5-14/h4-11,13,15,19H,2-3,12H2,1H3. The average Bonchev–Trinajstić information content (AvgIpc) is 3.58. The molecule has 1 aliphatic rings. The van der Waals surface area contributed by atoms with E-state index in [-0.39, 0.29) is 23.9 Å². The Labute approximate surface area is 193 Å². The van der Waals surface area contributed by atoms with Crippen molar-refractivity contribution in [1.29, 1.82) is 0 Å². The van der Waals surface area contributed by atoms with E-state index < -0.39 is 0 Å². The molecule has 0 amide bonds. The van der Waals surface area contributed by atoms with Gasteiger partial charge in [0, 0.05) is 16.7 Å². The van der Waals surface area contributed by atoms with Gasteiger partial charge in [0.25, 0.3) is 0 Å². The highest BCUT2D eigenvalue weighted by Crippen LogP contribution is 2.36. The second kappa shape index (κ2) is 8.67. The molecule has 0 spiro atoms. The van der Waals surface area contributed by atoms with Crippen LogP contribution in [0.25, 0.3) is 22.6 Å². The van der Waals surface area contributed by atoms with Crippen LogP contribution < -0.4 is 15.0 Å². The quantitative estimate of drug-likeness (QED) is 0.363. The summed E-state index contributed by atoms with van der Waals surface area (Å²) in [6.45, 7) is 0.193. The molecule has 0 bridgehead atoms. The van der Waals surface area contributed by atoms with Crippen molar-refractivity contribution in [3.8, 4) is 28.4 Å². The first-order chi connectivity index (χ1) is 16.1. The number of ether oxygens (including phenoxy) is 2. The van der Waals surface area contributed by atoms with E-state index >= 15 is 0 Å². The summed E-state index contributed by atoms with van der Waals surface area (Å²) in [5.74, 6) is 1.21. The molecule has 2 aromatic heterocycles. The second-order valence-electron chi connectivity index (χ2n) is 7.86. The third kappa shape index (κ3) is 4.19. The van der Waals surface area contributed by atoms with Crippen LogP contribution in [0, 0.1) is 10.8 Å². The fourth-order valence-electron chi connectivity index (χ4n) is 3.65. The van der Waals surface area contributed by atoms with Crippen LogP contribution in [0.2, 0.25) is 5.02 Å². The fourth-order valence-corrected chi connectivity index (χ4v) is 3.78. The highest BCUT2D eigenvalue weighted by atomic mass is 35.5. The molecule has 1 atom stereocenters. The van der Waals surface area contributed by atoms with Gasteiger partial charge in [-0.05, 0) is 43.0 Å². The number of imidazole rings is 1. The minimum absolute atomic E-state index is 0.186. The van der Waals surface area contributed by atoms with Crippen LogP contribution in [-0.4, -0.2) is 38.9 Å². The molecule has 5 rings (SSSR count). The highest BCUT2D eigenvalue weighted by Gasteiger charge is 2.33. The van der Waals surface area contributed by atoms with Gasteiger partial charge >= 0.3 is 5.56 Å². The lowest BCUT2D eigenvalue weighted by molar-refractivity contribution is 0.262. The molecule has 9 nitrogen and oxygen atoms in total. The SMILES string of the molecule is COc1cc(-n2cnn3cc(-c4ccc(Cl)cc4)nc3c2=O)ccc1OCC(N=O)C1CC1. The van der Waals surface area contributed by atoms with Crippen molar-refractivity contribution in [2.45, 2.75) is 18.9 Å². The van der Waals surface area contributed by atoms with E-state index in [0.717, 1.165) is 18.4 Å². The number of nitroso groups, excluding NO2 is 1. The van der Waals surface area contributed by atoms with Gasteiger partial charge in [-0.2, -0.15) is 10.0 Å². The van der Waals surface area contributed by atoms with Gasteiger partial charge in [0.15, 0.2) is 11.5 Å². The Morgan fingerprint density at radius 1 is 1.18 bits per heavy atom. The van der Waals surface area contributed by atoms with Crippen LogP contribution in [-0.2, 0) is 0 Å². The number of halogens is 1.